The lowest BCUT2D eigenvalue weighted by Gasteiger charge is -2.22. The number of benzene rings is 2. The van der Waals surface area contributed by atoms with Crippen molar-refractivity contribution in [1.82, 2.24) is 9.80 Å². The predicted octanol–water partition coefficient (Wildman–Crippen LogP) is 6.78. The van der Waals surface area contributed by atoms with E-state index in [4.69, 9.17) is 9.90 Å². The van der Waals surface area contributed by atoms with Crippen LogP contribution in [0.25, 0.3) is 0 Å². The summed E-state index contributed by atoms with van der Waals surface area (Å²) in [5, 5.41) is 10.1. The number of nitrogens with zero attached hydrogens (tertiary/aromatic N) is 2. The molecule has 2 aromatic carbocycles. The molecule has 0 atom stereocenters. The fourth-order valence-corrected chi connectivity index (χ4v) is 4.34. The van der Waals surface area contributed by atoms with Gasteiger partial charge in [0.05, 0.1) is 0 Å². The second-order valence-corrected chi connectivity index (χ2v) is 10.3. The molecule has 0 spiro atoms. The molecule has 2 N–H and O–H groups in total. The number of hydrogen-bond donors (Lipinski definition) is 2. The number of nitrogens with one attached hydrogen (secondary N) is 1. The summed E-state index contributed by atoms with van der Waals surface area (Å²) in [5.41, 5.74) is 4.10. The Balaban J connectivity index is 0.000000673. The van der Waals surface area contributed by atoms with Gasteiger partial charge in [0, 0.05) is 30.9 Å². The van der Waals surface area contributed by atoms with E-state index in [1.165, 1.54) is 62.9 Å². The van der Waals surface area contributed by atoms with Crippen molar-refractivity contribution < 1.29 is 27.9 Å². The molecule has 1 aliphatic heterocycles. The van der Waals surface area contributed by atoms with Crippen LogP contribution in [0, 0.1) is 0 Å². The van der Waals surface area contributed by atoms with Gasteiger partial charge < -0.3 is 15.3 Å². The van der Waals surface area contributed by atoms with Crippen molar-refractivity contribution in [3.63, 3.8) is 0 Å². The van der Waals surface area contributed by atoms with Gasteiger partial charge >= 0.3 is 12.1 Å². The van der Waals surface area contributed by atoms with E-state index in [9.17, 15) is 18.0 Å². The SMILES string of the molecule is CCCCCCN1CCCN(Cc2ccc(C(=O)Nc3ccc(C(C)C)cc3)cc2)CC1.O=C(O)C(F)(F)F. The Morgan fingerprint density at radius 3 is 2.05 bits per heavy atom. The Morgan fingerprint density at radius 2 is 1.49 bits per heavy atom. The molecule has 0 bridgehead atoms. The fraction of sp³-hybridized carbons (Fsp3) is 0.533. The Bertz CT molecular complexity index is 1010. The number of alkyl halides is 3. The molecule has 39 heavy (non-hydrogen) atoms. The number of rotatable bonds is 10. The average molecular weight is 550 g/mol. The molecule has 1 amide bonds. The van der Waals surface area contributed by atoms with E-state index in [2.05, 4.69) is 60.2 Å². The van der Waals surface area contributed by atoms with E-state index in [0.717, 1.165) is 25.3 Å². The summed E-state index contributed by atoms with van der Waals surface area (Å²) in [5.74, 6) is -2.32. The average Bonchev–Trinajstić information content (AvgIpc) is 3.12. The van der Waals surface area contributed by atoms with Crippen LogP contribution in [0.15, 0.2) is 48.5 Å². The molecule has 0 aliphatic carbocycles. The summed E-state index contributed by atoms with van der Waals surface area (Å²) >= 11 is 0. The van der Waals surface area contributed by atoms with Gasteiger partial charge in [0.2, 0.25) is 0 Å². The minimum atomic E-state index is -5.08. The number of carboxylic acid groups (broad SMARTS) is 1. The number of carboxylic acids is 1. The number of anilines is 1. The molecule has 1 heterocycles. The highest BCUT2D eigenvalue weighted by atomic mass is 19.4. The summed E-state index contributed by atoms with van der Waals surface area (Å²) in [6.07, 6.45) is 1.51. The molecule has 2 aromatic rings. The largest absolute Gasteiger partial charge is 0.490 e. The van der Waals surface area contributed by atoms with Crippen molar-refractivity contribution in [2.24, 2.45) is 0 Å². The quantitative estimate of drug-likeness (QED) is 0.320. The van der Waals surface area contributed by atoms with Crippen LogP contribution in [0.5, 0.6) is 0 Å². The molecule has 0 radical (unpaired) electrons. The summed E-state index contributed by atoms with van der Waals surface area (Å²) in [6, 6.07) is 16.2. The number of aliphatic carboxylic acids is 1. The first kappa shape index (κ1) is 32.3. The highest BCUT2D eigenvalue weighted by Gasteiger charge is 2.38. The first-order valence-corrected chi connectivity index (χ1v) is 13.7. The van der Waals surface area contributed by atoms with Crippen molar-refractivity contribution in [2.75, 3.05) is 38.0 Å². The van der Waals surface area contributed by atoms with Gasteiger partial charge in [0.1, 0.15) is 0 Å². The molecule has 3 rings (SSSR count). The van der Waals surface area contributed by atoms with Gasteiger partial charge in [-0.25, -0.2) is 4.79 Å². The van der Waals surface area contributed by atoms with Crippen LogP contribution in [0.3, 0.4) is 0 Å². The van der Waals surface area contributed by atoms with Crippen LogP contribution >= 0.6 is 0 Å². The highest BCUT2D eigenvalue weighted by molar-refractivity contribution is 6.04. The smallest absolute Gasteiger partial charge is 0.475 e. The van der Waals surface area contributed by atoms with Crippen LogP contribution in [0.4, 0.5) is 18.9 Å². The summed E-state index contributed by atoms with van der Waals surface area (Å²) < 4.78 is 31.7. The first-order valence-electron chi connectivity index (χ1n) is 13.7. The van der Waals surface area contributed by atoms with Crippen LogP contribution in [0.1, 0.15) is 80.3 Å². The molecule has 0 aromatic heterocycles. The topological polar surface area (TPSA) is 72.9 Å². The zero-order valence-electron chi connectivity index (χ0n) is 23.3. The Labute approximate surface area is 230 Å². The van der Waals surface area contributed by atoms with Gasteiger partial charge in [0.25, 0.3) is 5.91 Å². The van der Waals surface area contributed by atoms with Crippen molar-refractivity contribution in [3.8, 4) is 0 Å². The molecular weight excluding hydrogens is 507 g/mol. The van der Waals surface area contributed by atoms with Gasteiger partial charge in [-0.3, -0.25) is 9.69 Å². The minimum absolute atomic E-state index is 0.0534. The van der Waals surface area contributed by atoms with Crippen LogP contribution in [0.2, 0.25) is 0 Å². The molecule has 1 saturated heterocycles. The zero-order valence-corrected chi connectivity index (χ0v) is 23.3. The third kappa shape index (κ3) is 12.2. The monoisotopic (exact) mass is 549 g/mol. The highest BCUT2D eigenvalue weighted by Crippen LogP contribution is 2.18. The number of carbonyl (C=O) groups is 2. The van der Waals surface area contributed by atoms with Crippen LogP contribution < -0.4 is 5.32 Å². The number of unbranched alkanes of at least 4 members (excludes halogenated alkanes) is 3. The number of halogens is 3. The summed E-state index contributed by atoms with van der Waals surface area (Å²) in [4.78, 5) is 26.7. The molecule has 9 heteroatoms. The normalized spacial score (nSPS) is 14.8. The number of carbonyl (C=O) groups excluding carboxylic acids is 1. The lowest BCUT2D eigenvalue weighted by atomic mass is 10.0. The number of amides is 1. The van der Waals surface area contributed by atoms with Crippen molar-refractivity contribution in [2.45, 2.75) is 71.5 Å². The number of hydrogen-bond acceptors (Lipinski definition) is 4. The lowest BCUT2D eigenvalue weighted by Crippen LogP contribution is -2.31. The molecular formula is C30H42F3N3O3. The molecule has 6 nitrogen and oxygen atoms in total. The van der Waals surface area contributed by atoms with E-state index < -0.39 is 12.1 Å². The van der Waals surface area contributed by atoms with E-state index in [-0.39, 0.29) is 5.91 Å². The standard InChI is InChI=1S/C28H41N3O.C2HF3O2/c1-4-5-6-7-17-30-18-8-19-31(21-20-30)22-24-9-11-26(12-10-24)28(32)29-27-15-13-25(14-16-27)23(2)3;3-2(4,5)1(6)7/h9-16,23H,4-8,17-22H2,1-3H3,(H,29,32);(H,6,7). The van der Waals surface area contributed by atoms with E-state index in [0.29, 0.717) is 11.5 Å². The molecule has 0 unspecified atom stereocenters. The van der Waals surface area contributed by atoms with Crippen LogP contribution in [-0.4, -0.2) is 65.7 Å². The summed E-state index contributed by atoms with van der Waals surface area (Å²) in [7, 11) is 0. The molecule has 216 valence electrons. The molecule has 1 fully saturated rings. The van der Waals surface area contributed by atoms with Gasteiger partial charge in [-0.15, -0.1) is 0 Å². The maximum atomic E-state index is 12.6. The van der Waals surface area contributed by atoms with Crippen LogP contribution in [-0.2, 0) is 11.3 Å². The molecule has 0 saturated carbocycles. The van der Waals surface area contributed by atoms with Gasteiger partial charge in [-0.1, -0.05) is 64.3 Å². The third-order valence-corrected chi connectivity index (χ3v) is 6.71. The van der Waals surface area contributed by atoms with E-state index >= 15 is 0 Å². The Kier molecular flexibility index (Phi) is 13.5. The third-order valence-electron chi connectivity index (χ3n) is 6.71. The van der Waals surface area contributed by atoms with Gasteiger partial charge in [-0.2, -0.15) is 13.2 Å². The Hall–Kier alpha value is -2.91. The van der Waals surface area contributed by atoms with Crippen molar-refractivity contribution in [1.29, 1.82) is 0 Å². The first-order chi connectivity index (χ1) is 18.5. The lowest BCUT2D eigenvalue weighted by molar-refractivity contribution is -0.192. The van der Waals surface area contributed by atoms with E-state index in [1.807, 2.05) is 24.3 Å². The predicted molar refractivity (Wildman–Crippen MR) is 149 cm³/mol. The summed E-state index contributed by atoms with van der Waals surface area (Å²) in [6.45, 7) is 13.5. The zero-order chi connectivity index (χ0) is 28.8. The maximum Gasteiger partial charge on any atom is 0.490 e. The van der Waals surface area contributed by atoms with Crippen molar-refractivity contribution in [3.05, 3.63) is 65.2 Å². The second-order valence-electron chi connectivity index (χ2n) is 10.3. The Morgan fingerprint density at radius 1 is 0.897 bits per heavy atom. The second kappa shape index (κ2) is 16.3. The fourth-order valence-electron chi connectivity index (χ4n) is 4.34. The maximum absolute atomic E-state index is 12.6. The van der Waals surface area contributed by atoms with Crippen molar-refractivity contribution >= 4 is 17.6 Å². The minimum Gasteiger partial charge on any atom is -0.475 e. The van der Waals surface area contributed by atoms with Gasteiger partial charge in [-0.05, 0) is 73.8 Å². The van der Waals surface area contributed by atoms with Gasteiger partial charge in [0.15, 0.2) is 0 Å². The molecule has 1 aliphatic rings. The van der Waals surface area contributed by atoms with E-state index in [1.54, 1.807) is 0 Å².